The first-order valence-corrected chi connectivity index (χ1v) is 7.01. The van der Waals surface area contributed by atoms with E-state index in [0.717, 1.165) is 23.9 Å². The minimum atomic E-state index is -0.228. The number of halogens is 1. The van der Waals surface area contributed by atoms with Crippen molar-refractivity contribution >= 4 is 33.4 Å². The smallest absolute Gasteiger partial charge is 0.243 e. The van der Waals surface area contributed by atoms with Gasteiger partial charge in [-0.15, -0.1) is 0 Å². The molecule has 1 aliphatic rings. The summed E-state index contributed by atoms with van der Waals surface area (Å²) in [4.78, 5) is 23.3. The first kappa shape index (κ1) is 14.0. The minimum absolute atomic E-state index is 0.00687. The fraction of sp³-hybridized carbons (Fsp3) is 0.385. The van der Waals surface area contributed by atoms with Crippen molar-refractivity contribution in [2.75, 3.05) is 18.4 Å². The molecule has 1 heterocycles. The minimum Gasteiger partial charge on any atom is -0.346 e. The second kappa shape index (κ2) is 6.68. The highest BCUT2D eigenvalue weighted by molar-refractivity contribution is 9.10. The van der Waals surface area contributed by atoms with E-state index in [-0.39, 0.29) is 24.4 Å². The molecule has 1 aliphatic heterocycles. The van der Waals surface area contributed by atoms with Crippen LogP contribution in [0.2, 0.25) is 0 Å². The van der Waals surface area contributed by atoms with Crippen LogP contribution in [-0.4, -0.2) is 30.9 Å². The van der Waals surface area contributed by atoms with Crippen molar-refractivity contribution in [3.8, 4) is 0 Å². The summed E-state index contributed by atoms with van der Waals surface area (Å²) in [7, 11) is 0. The van der Waals surface area contributed by atoms with Crippen LogP contribution >= 0.6 is 15.9 Å². The molecule has 0 saturated carbocycles. The molecule has 0 spiro atoms. The largest absolute Gasteiger partial charge is 0.346 e. The number of hydrogen-bond donors (Lipinski definition) is 3. The van der Waals surface area contributed by atoms with E-state index < -0.39 is 0 Å². The Balaban J connectivity index is 1.75. The van der Waals surface area contributed by atoms with Gasteiger partial charge in [0.25, 0.3) is 0 Å². The Bertz CT molecular complexity index is 455. The highest BCUT2D eigenvalue weighted by atomic mass is 79.9. The fourth-order valence-electron chi connectivity index (χ4n) is 1.94. The van der Waals surface area contributed by atoms with E-state index in [2.05, 4.69) is 31.9 Å². The Kier molecular flexibility index (Phi) is 4.93. The van der Waals surface area contributed by atoms with E-state index >= 15 is 0 Å². The molecular formula is C13H16BrN3O2. The standard InChI is InChI=1S/C13H16BrN3O2/c14-9-3-5-10(6-4-9)17-12(18)8-16-13(19)11-2-1-7-15-11/h3-6,11,15H,1-2,7-8H2,(H,16,19)(H,17,18). The van der Waals surface area contributed by atoms with Crippen LogP contribution in [-0.2, 0) is 9.59 Å². The second-order valence-electron chi connectivity index (χ2n) is 4.42. The SMILES string of the molecule is O=C(CNC(=O)C1CCCN1)Nc1ccc(Br)cc1. The molecule has 0 radical (unpaired) electrons. The molecule has 1 unspecified atom stereocenters. The third-order valence-corrected chi connectivity index (χ3v) is 3.46. The van der Waals surface area contributed by atoms with Crippen LogP contribution < -0.4 is 16.0 Å². The van der Waals surface area contributed by atoms with Crippen LogP contribution in [0.5, 0.6) is 0 Å². The lowest BCUT2D eigenvalue weighted by Crippen LogP contribution is -2.43. The maximum absolute atomic E-state index is 11.7. The summed E-state index contributed by atoms with van der Waals surface area (Å²) in [6, 6.07) is 7.12. The molecule has 1 aromatic carbocycles. The summed E-state index contributed by atoms with van der Waals surface area (Å²) in [6.07, 6.45) is 1.84. The summed E-state index contributed by atoms with van der Waals surface area (Å²) in [6.45, 7) is 0.857. The van der Waals surface area contributed by atoms with Crippen molar-refractivity contribution in [3.63, 3.8) is 0 Å². The lowest BCUT2D eigenvalue weighted by atomic mass is 10.2. The zero-order valence-corrected chi connectivity index (χ0v) is 12.0. The summed E-state index contributed by atoms with van der Waals surface area (Å²) >= 11 is 3.32. The van der Waals surface area contributed by atoms with Gasteiger partial charge in [0.1, 0.15) is 0 Å². The number of benzene rings is 1. The summed E-state index contributed by atoms with van der Waals surface area (Å²) < 4.78 is 0.950. The van der Waals surface area contributed by atoms with Gasteiger partial charge in [-0.2, -0.15) is 0 Å². The molecule has 1 aromatic rings. The van der Waals surface area contributed by atoms with Gasteiger partial charge < -0.3 is 16.0 Å². The molecule has 102 valence electrons. The number of hydrogen-bond acceptors (Lipinski definition) is 3. The molecule has 1 saturated heterocycles. The topological polar surface area (TPSA) is 70.2 Å². The first-order chi connectivity index (χ1) is 9.15. The van der Waals surface area contributed by atoms with Crippen LogP contribution in [0.25, 0.3) is 0 Å². The highest BCUT2D eigenvalue weighted by Gasteiger charge is 2.21. The summed E-state index contributed by atoms with van der Waals surface area (Å²) in [5, 5.41) is 8.44. The van der Waals surface area contributed by atoms with Crippen molar-refractivity contribution in [3.05, 3.63) is 28.7 Å². The van der Waals surface area contributed by atoms with Gasteiger partial charge in [-0.25, -0.2) is 0 Å². The Hall–Kier alpha value is -1.40. The van der Waals surface area contributed by atoms with Crippen LogP contribution in [0.3, 0.4) is 0 Å². The zero-order chi connectivity index (χ0) is 13.7. The van der Waals surface area contributed by atoms with Gasteiger partial charge in [0.05, 0.1) is 12.6 Å². The molecule has 1 fully saturated rings. The third kappa shape index (κ3) is 4.33. The van der Waals surface area contributed by atoms with Crippen molar-refractivity contribution in [2.45, 2.75) is 18.9 Å². The van der Waals surface area contributed by atoms with E-state index in [9.17, 15) is 9.59 Å². The van der Waals surface area contributed by atoms with E-state index in [1.165, 1.54) is 0 Å². The number of carbonyl (C=O) groups excluding carboxylic acids is 2. The zero-order valence-electron chi connectivity index (χ0n) is 10.4. The number of rotatable bonds is 4. The molecule has 1 atom stereocenters. The summed E-state index contributed by atoms with van der Waals surface area (Å²) in [5.41, 5.74) is 0.710. The summed E-state index contributed by atoms with van der Waals surface area (Å²) in [5.74, 6) is -0.336. The predicted octanol–water partition coefficient (Wildman–Crippen LogP) is 1.26. The average molecular weight is 326 g/mol. The highest BCUT2D eigenvalue weighted by Crippen LogP contribution is 2.13. The van der Waals surface area contributed by atoms with Crippen molar-refractivity contribution in [1.82, 2.24) is 10.6 Å². The van der Waals surface area contributed by atoms with Crippen LogP contribution in [0, 0.1) is 0 Å². The van der Waals surface area contributed by atoms with Crippen LogP contribution in [0.4, 0.5) is 5.69 Å². The maximum Gasteiger partial charge on any atom is 0.243 e. The van der Waals surface area contributed by atoms with E-state index in [1.807, 2.05) is 12.1 Å². The van der Waals surface area contributed by atoms with Crippen molar-refractivity contribution in [2.24, 2.45) is 0 Å². The predicted molar refractivity (Wildman–Crippen MR) is 76.8 cm³/mol. The lowest BCUT2D eigenvalue weighted by molar-refractivity contribution is -0.125. The van der Waals surface area contributed by atoms with Gasteiger partial charge in [0.15, 0.2) is 0 Å². The molecule has 6 heteroatoms. The molecule has 0 bridgehead atoms. The maximum atomic E-state index is 11.7. The fourth-order valence-corrected chi connectivity index (χ4v) is 2.20. The number of anilines is 1. The number of carbonyl (C=O) groups is 2. The Morgan fingerprint density at radius 1 is 1.32 bits per heavy atom. The van der Waals surface area contributed by atoms with Gasteiger partial charge in [-0.3, -0.25) is 9.59 Å². The van der Waals surface area contributed by atoms with Gasteiger partial charge in [-0.05, 0) is 43.7 Å². The Morgan fingerprint density at radius 2 is 2.05 bits per heavy atom. The monoisotopic (exact) mass is 325 g/mol. The second-order valence-corrected chi connectivity index (χ2v) is 5.34. The normalized spacial score (nSPS) is 18.1. The Morgan fingerprint density at radius 3 is 2.68 bits per heavy atom. The molecule has 0 aliphatic carbocycles. The lowest BCUT2D eigenvalue weighted by Gasteiger charge is -2.11. The molecule has 0 aromatic heterocycles. The van der Waals surface area contributed by atoms with Crippen molar-refractivity contribution < 1.29 is 9.59 Å². The third-order valence-electron chi connectivity index (χ3n) is 2.93. The van der Waals surface area contributed by atoms with Crippen molar-refractivity contribution in [1.29, 1.82) is 0 Å². The van der Waals surface area contributed by atoms with E-state index in [4.69, 9.17) is 0 Å². The van der Waals surface area contributed by atoms with E-state index in [1.54, 1.807) is 12.1 Å². The van der Waals surface area contributed by atoms with Crippen LogP contribution in [0.1, 0.15) is 12.8 Å². The van der Waals surface area contributed by atoms with Gasteiger partial charge >= 0.3 is 0 Å². The molecule has 3 N–H and O–H groups in total. The van der Waals surface area contributed by atoms with Crippen LogP contribution in [0.15, 0.2) is 28.7 Å². The van der Waals surface area contributed by atoms with E-state index in [0.29, 0.717) is 5.69 Å². The Labute approximate surface area is 120 Å². The average Bonchev–Trinajstić information content (AvgIpc) is 2.93. The van der Waals surface area contributed by atoms with Gasteiger partial charge in [-0.1, -0.05) is 15.9 Å². The first-order valence-electron chi connectivity index (χ1n) is 6.21. The molecule has 19 heavy (non-hydrogen) atoms. The quantitative estimate of drug-likeness (QED) is 0.780. The molecular weight excluding hydrogens is 310 g/mol. The molecule has 2 amide bonds. The number of nitrogens with one attached hydrogen (secondary N) is 3. The van der Waals surface area contributed by atoms with Gasteiger partial charge in [0, 0.05) is 10.2 Å². The number of amides is 2. The molecule has 2 rings (SSSR count). The van der Waals surface area contributed by atoms with Gasteiger partial charge in [0.2, 0.25) is 11.8 Å². The molecule has 5 nitrogen and oxygen atoms in total.